The molecule has 1 heterocycles. The van der Waals surface area contributed by atoms with Crippen LogP contribution in [0.3, 0.4) is 0 Å². The number of hydrogen-bond acceptors (Lipinski definition) is 2. The predicted molar refractivity (Wildman–Crippen MR) is 48.5 cm³/mol. The minimum absolute atomic E-state index is 0.154. The Labute approximate surface area is 70.3 Å². The smallest absolute Gasteiger partial charge is 0.0913 e. The first-order valence-electron chi connectivity index (χ1n) is 3.62. The summed E-state index contributed by atoms with van der Waals surface area (Å²) in [5.41, 5.74) is 0. The first kappa shape index (κ1) is 8.72. The summed E-state index contributed by atoms with van der Waals surface area (Å²) in [5, 5.41) is 0. The van der Waals surface area contributed by atoms with E-state index in [-0.39, 0.29) is 6.67 Å². The van der Waals surface area contributed by atoms with Crippen LogP contribution in [0.15, 0.2) is 0 Å². The van der Waals surface area contributed by atoms with Gasteiger partial charge < -0.3 is 0 Å². The molecule has 3 heteroatoms. The highest BCUT2D eigenvalue weighted by molar-refractivity contribution is 8.17. The summed E-state index contributed by atoms with van der Waals surface area (Å²) in [4.78, 5) is 0. The van der Waals surface area contributed by atoms with Crippen LogP contribution in [-0.2, 0) is 0 Å². The van der Waals surface area contributed by atoms with Gasteiger partial charge in [0.05, 0.1) is 11.3 Å². The molecule has 0 aromatic heterocycles. The van der Waals surface area contributed by atoms with Crippen LogP contribution in [-0.4, -0.2) is 22.8 Å². The molecule has 0 aromatic carbocycles. The highest BCUT2D eigenvalue weighted by atomic mass is 32.2. The van der Waals surface area contributed by atoms with Gasteiger partial charge in [-0.25, -0.2) is 0 Å². The second-order valence-electron chi connectivity index (χ2n) is 2.68. The second kappa shape index (κ2) is 4.50. The molecule has 0 spiro atoms. The summed E-state index contributed by atoms with van der Waals surface area (Å²) < 4.78 is 12.4. The lowest BCUT2D eigenvalue weighted by Gasteiger charge is -2.24. The Kier molecular flexibility index (Phi) is 3.92. The minimum atomic E-state index is -0.154. The van der Waals surface area contributed by atoms with Crippen LogP contribution in [0.4, 0.5) is 4.39 Å². The van der Waals surface area contributed by atoms with Crippen molar-refractivity contribution in [3.8, 4) is 0 Å². The van der Waals surface area contributed by atoms with E-state index in [9.17, 15) is 4.39 Å². The molecule has 0 amide bonds. The van der Waals surface area contributed by atoms with Gasteiger partial charge >= 0.3 is 0 Å². The maximum Gasteiger partial charge on any atom is 0.0913 e. The Morgan fingerprint density at radius 1 is 1.40 bits per heavy atom. The van der Waals surface area contributed by atoms with E-state index in [0.717, 1.165) is 12.3 Å². The van der Waals surface area contributed by atoms with Crippen molar-refractivity contribution in [3.05, 3.63) is 0 Å². The molecule has 0 aliphatic carbocycles. The summed E-state index contributed by atoms with van der Waals surface area (Å²) in [7, 11) is 0. The summed E-state index contributed by atoms with van der Waals surface area (Å²) >= 11 is 3.84. The van der Waals surface area contributed by atoms with Crippen LogP contribution in [0.1, 0.15) is 13.3 Å². The summed E-state index contributed by atoms with van der Waals surface area (Å²) in [5.74, 6) is 3.26. The molecule has 1 saturated heterocycles. The summed E-state index contributed by atoms with van der Waals surface area (Å²) in [6, 6.07) is 0. The third kappa shape index (κ3) is 2.70. The van der Waals surface area contributed by atoms with Gasteiger partial charge in [0.1, 0.15) is 0 Å². The molecule has 1 aliphatic heterocycles. The van der Waals surface area contributed by atoms with Crippen molar-refractivity contribution < 1.29 is 4.39 Å². The van der Waals surface area contributed by atoms with E-state index in [0.29, 0.717) is 4.58 Å². The normalized spacial score (nSPS) is 34.2. The molecule has 1 rings (SSSR count). The Balaban J connectivity index is 2.13. The quantitative estimate of drug-likeness (QED) is 0.641. The fraction of sp³-hybridized carbons (Fsp3) is 1.00. The number of thioether (sulfide) groups is 2. The molecule has 1 fully saturated rings. The predicted octanol–water partition coefficient (Wildman–Crippen LogP) is 2.79. The SMILES string of the molecule is CC1CSC(CCF)SC1. The van der Waals surface area contributed by atoms with Crippen molar-refractivity contribution >= 4 is 23.5 Å². The van der Waals surface area contributed by atoms with Gasteiger partial charge in [-0.3, -0.25) is 4.39 Å². The number of alkyl halides is 1. The zero-order valence-corrected chi connectivity index (χ0v) is 7.81. The van der Waals surface area contributed by atoms with Gasteiger partial charge in [0.2, 0.25) is 0 Å². The molecule has 60 valence electrons. The average molecular weight is 180 g/mol. The van der Waals surface area contributed by atoms with Gasteiger partial charge in [-0.15, -0.1) is 23.5 Å². The van der Waals surface area contributed by atoms with Crippen LogP contribution in [0.2, 0.25) is 0 Å². The molecule has 0 aromatic rings. The third-order valence-corrected chi connectivity index (χ3v) is 5.03. The van der Waals surface area contributed by atoms with Crippen molar-refractivity contribution in [2.75, 3.05) is 18.2 Å². The molecule has 0 unspecified atom stereocenters. The fourth-order valence-corrected chi connectivity index (χ4v) is 3.73. The van der Waals surface area contributed by atoms with Crippen LogP contribution in [0, 0.1) is 5.92 Å². The van der Waals surface area contributed by atoms with Crippen molar-refractivity contribution in [2.45, 2.75) is 17.9 Å². The topological polar surface area (TPSA) is 0 Å². The largest absolute Gasteiger partial charge is 0.251 e. The summed E-state index contributed by atoms with van der Waals surface area (Å²) in [6.07, 6.45) is 0.738. The van der Waals surface area contributed by atoms with Crippen LogP contribution in [0.5, 0.6) is 0 Å². The molecule has 0 nitrogen and oxygen atoms in total. The van der Waals surface area contributed by atoms with Gasteiger partial charge in [-0.1, -0.05) is 6.92 Å². The van der Waals surface area contributed by atoms with E-state index in [1.54, 1.807) is 0 Å². The lowest BCUT2D eigenvalue weighted by molar-refractivity contribution is 0.484. The van der Waals surface area contributed by atoms with Gasteiger partial charge in [-0.2, -0.15) is 0 Å². The molecule has 0 atom stereocenters. The van der Waals surface area contributed by atoms with Crippen LogP contribution >= 0.6 is 23.5 Å². The third-order valence-electron chi connectivity index (χ3n) is 1.48. The van der Waals surface area contributed by atoms with E-state index >= 15 is 0 Å². The first-order valence-corrected chi connectivity index (χ1v) is 5.72. The second-order valence-corrected chi connectivity index (χ2v) is 5.45. The maximum absolute atomic E-state index is 11.8. The number of halogens is 1. The molecular formula is C7H13FS2. The van der Waals surface area contributed by atoms with Crippen LogP contribution in [0.25, 0.3) is 0 Å². The molecule has 0 radical (unpaired) electrons. The van der Waals surface area contributed by atoms with E-state index in [1.807, 2.05) is 23.5 Å². The van der Waals surface area contributed by atoms with Crippen molar-refractivity contribution in [1.29, 1.82) is 0 Å². The molecule has 1 aliphatic rings. The van der Waals surface area contributed by atoms with Gasteiger partial charge in [0.15, 0.2) is 0 Å². The highest BCUT2D eigenvalue weighted by Gasteiger charge is 2.18. The van der Waals surface area contributed by atoms with E-state index in [1.165, 1.54) is 11.5 Å². The van der Waals surface area contributed by atoms with E-state index in [4.69, 9.17) is 0 Å². The lowest BCUT2D eigenvalue weighted by atomic mass is 10.3. The molecular weight excluding hydrogens is 167 g/mol. The molecule has 10 heavy (non-hydrogen) atoms. The van der Waals surface area contributed by atoms with E-state index in [2.05, 4.69) is 6.92 Å². The van der Waals surface area contributed by atoms with Crippen LogP contribution < -0.4 is 0 Å². The molecule has 0 saturated carbocycles. The van der Waals surface area contributed by atoms with E-state index < -0.39 is 0 Å². The Morgan fingerprint density at radius 2 is 2.00 bits per heavy atom. The van der Waals surface area contributed by atoms with Gasteiger partial charge in [0.25, 0.3) is 0 Å². The first-order chi connectivity index (χ1) is 4.83. The monoisotopic (exact) mass is 180 g/mol. The average Bonchev–Trinajstić information content (AvgIpc) is 1.95. The summed E-state index contributed by atoms with van der Waals surface area (Å²) in [6.45, 7) is 2.10. The van der Waals surface area contributed by atoms with Crippen molar-refractivity contribution in [2.24, 2.45) is 5.92 Å². The molecule has 0 N–H and O–H groups in total. The molecule has 0 bridgehead atoms. The van der Waals surface area contributed by atoms with Gasteiger partial charge in [-0.05, 0) is 23.8 Å². The van der Waals surface area contributed by atoms with Crippen molar-refractivity contribution in [3.63, 3.8) is 0 Å². The zero-order chi connectivity index (χ0) is 7.40. The van der Waals surface area contributed by atoms with Gasteiger partial charge in [0, 0.05) is 0 Å². The minimum Gasteiger partial charge on any atom is -0.251 e. The Bertz CT molecular complexity index is 89.6. The lowest BCUT2D eigenvalue weighted by Crippen LogP contribution is -2.14. The Hall–Kier alpha value is 0.630. The zero-order valence-electron chi connectivity index (χ0n) is 6.18. The number of hydrogen-bond donors (Lipinski definition) is 0. The standard InChI is InChI=1S/C7H13FS2/c1-6-4-9-7(2-3-8)10-5-6/h6-7H,2-5H2,1H3. The highest BCUT2D eigenvalue weighted by Crippen LogP contribution is 2.35. The van der Waals surface area contributed by atoms with Crippen molar-refractivity contribution in [1.82, 2.24) is 0 Å². The fourth-order valence-electron chi connectivity index (χ4n) is 0.895. The Morgan fingerprint density at radius 3 is 2.50 bits per heavy atom. The maximum atomic E-state index is 11.8. The number of rotatable bonds is 2.